The molecular formula is C16H17FN2O2. The van der Waals surface area contributed by atoms with E-state index in [1.165, 1.54) is 12.1 Å². The lowest BCUT2D eigenvalue weighted by Gasteiger charge is -2.12. The number of carbonyl (C=O) groups excluding carboxylic acids is 1. The fourth-order valence-corrected chi connectivity index (χ4v) is 2.69. The Morgan fingerprint density at radius 1 is 1.52 bits per heavy atom. The molecule has 1 atom stereocenters. The van der Waals surface area contributed by atoms with Crippen LogP contribution in [0.1, 0.15) is 36.5 Å². The van der Waals surface area contributed by atoms with Gasteiger partial charge in [-0.3, -0.25) is 4.79 Å². The van der Waals surface area contributed by atoms with Crippen LogP contribution in [0.5, 0.6) is 0 Å². The van der Waals surface area contributed by atoms with Gasteiger partial charge in [-0.05, 0) is 24.1 Å². The number of likely N-dealkylation sites (tertiary alicyclic amines) is 1. The Labute approximate surface area is 122 Å². The van der Waals surface area contributed by atoms with Crippen molar-refractivity contribution in [3.05, 3.63) is 53.5 Å². The van der Waals surface area contributed by atoms with Gasteiger partial charge in [0.25, 0.3) is 0 Å². The molecule has 0 spiro atoms. The SMILES string of the molecule is CC(=O)N1CC[C@H](c2ncc(Cc3cccc(F)c3)o2)C1. The molecule has 5 heteroatoms. The van der Waals surface area contributed by atoms with Crippen LogP contribution in [0, 0.1) is 5.82 Å². The number of halogens is 1. The highest BCUT2D eigenvalue weighted by molar-refractivity contribution is 5.73. The predicted octanol–water partition coefficient (Wildman–Crippen LogP) is 2.74. The van der Waals surface area contributed by atoms with Gasteiger partial charge in [0.2, 0.25) is 5.91 Å². The van der Waals surface area contributed by atoms with Crippen LogP contribution in [0.15, 0.2) is 34.9 Å². The minimum Gasteiger partial charge on any atom is -0.445 e. The number of oxazole rings is 1. The molecule has 1 aliphatic heterocycles. The van der Waals surface area contributed by atoms with Crippen LogP contribution in [-0.4, -0.2) is 28.9 Å². The zero-order chi connectivity index (χ0) is 14.8. The first-order valence-corrected chi connectivity index (χ1v) is 7.06. The van der Waals surface area contributed by atoms with Gasteiger partial charge in [0, 0.05) is 26.4 Å². The Bertz CT molecular complexity index is 653. The van der Waals surface area contributed by atoms with Gasteiger partial charge in [-0.2, -0.15) is 0 Å². The van der Waals surface area contributed by atoms with Gasteiger partial charge in [0.05, 0.1) is 12.1 Å². The van der Waals surface area contributed by atoms with Crippen LogP contribution in [0.3, 0.4) is 0 Å². The lowest BCUT2D eigenvalue weighted by molar-refractivity contribution is -0.127. The van der Waals surface area contributed by atoms with E-state index in [4.69, 9.17) is 4.42 Å². The normalized spacial score (nSPS) is 18.2. The molecule has 0 radical (unpaired) electrons. The van der Waals surface area contributed by atoms with E-state index in [1.807, 2.05) is 6.07 Å². The molecule has 21 heavy (non-hydrogen) atoms. The molecule has 1 fully saturated rings. The summed E-state index contributed by atoms with van der Waals surface area (Å²) in [6.07, 6.45) is 3.09. The molecule has 0 N–H and O–H groups in total. The van der Waals surface area contributed by atoms with Crippen LogP contribution in [0.4, 0.5) is 4.39 Å². The Morgan fingerprint density at radius 3 is 3.10 bits per heavy atom. The third kappa shape index (κ3) is 3.12. The Hall–Kier alpha value is -2.17. The summed E-state index contributed by atoms with van der Waals surface area (Å²) in [6, 6.07) is 6.46. The average Bonchev–Trinajstić information content (AvgIpc) is 3.06. The van der Waals surface area contributed by atoms with Gasteiger partial charge in [0.1, 0.15) is 11.6 Å². The van der Waals surface area contributed by atoms with Gasteiger partial charge in [-0.15, -0.1) is 0 Å². The smallest absolute Gasteiger partial charge is 0.219 e. The molecule has 0 aliphatic carbocycles. The minimum absolute atomic E-state index is 0.0871. The molecule has 1 saturated heterocycles. The van der Waals surface area contributed by atoms with Crippen molar-refractivity contribution in [2.24, 2.45) is 0 Å². The highest BCUT2D eigenvalue weighted by Gasteiger charge is 2.28. The predicted molar refractivity (Wildman–Crippen MR) is 75.3 cm³/mol. The van der Waals surface area contributed by atoms with Crippen LogP contribution < -0.4 is 0 Å². The largest absolute Gasteiger partial charge is 0.445 e. The number of hydrogen-bond acceptors (Lipinski definition) is 3. The molecule has 1 aromatic heterocycles. The molecule has 1 aliphatic rings. The molecule has 0 bridgehead atoms. The monoisotopic (exact) mass is 288 g/mol. The van der Waals surface area contributed by atoms with E-state index < -0.39 is 0 Å². The second-order valence-corrected chi connectivity index (χ2v) is 5.42. The van der Waals surface area contributed by atoms with E-state index >= 15 is 0 Å². The first kappa shape index (κ1) is 13.8. The van der Waals surface area contributed by atoms with Gasteiger partial charge in [-0.25, -0.2) is 9.37 Å². The summed E-state index contributed by atoms with van der Waals surface area (Å²) in [5.74, 6) is 1.39. The van der Waals surface area contributed by atoms with E-state index in [0.717, 1.165) is 24.3 Å². The number of nitrogens with zero attached hydrogens (tertiary/aromatic N) is 2. The molecular weight excluding hydrogens is 271 g/mol. The zero-order valence-electron chi connectivity index (χ0n) is 11.9. The van der Waals surface area contributed by atoms with Crippen molar-refractivity contribution in [2.45, 2.75) is 25.7 Å². The molecule has 110 valence electrons. The second kappa shape index (κ2) is 5.68. The van der Waals surface area contributed by atoms with Crippen LogP contribution in [-0.2, 0) is 11.2 Å². The van der Waals surface area contributed by atoms with Crippen molar-refractivity contribution in [3.8, 4) is 0 Å². The van der Waals surface area contributed by atoms with Crippen molar-refractivity contribution >= 4 is 5.91 Å². The van der Waals surface area contributed by atoms with Gasteiger partial charge in [0.15, 0.2) is 5.89 Å². The van der Waals surface area contributed by atoms with E-state index in [9.17, 15) is 9.18 Å². The molecule has 4 nitrogen and oxygen atoms in total. The van der Waals surface area contributed by atoms with Crippen LogP contribution >= 0.6 is 0 Å². The van der Waals surface area contributed by atoms with E-state index in [1.54, 1.807) is 24.1 Å². The zero-order valence-corrected chi connectivity index (χ0v) is 11.9. The van der Waals surface area contributed by atoms with Crippen LogP contribution in [0.2, 0.25) is 0 Å². The number of hydrogen-bond donors (Lipinski definition) is 0. The number of aromatic nitrogens is 1. The fourth-order valence-electron chi connectivity index (χ4n) is 2.69. The summed E-state index contributed by atoms with van der Waals surface area (Å²) in [5, 5.41) is 0. The molecule has 0 saturated carbocycles. The molecule has 2 aromatic rings. The fraction of sp³-hybridized carbons (Fsp3) is 0.375. The Kier molecular flexibility index (Phi) is 3.73. The number of rotatable bonds is 3. The molecule has 0 unspecified atom stereocenters. The third-order valence-corrected chi connectivity index (χ3v) is 3.82. The van der Waals surface area contributed by atoms with Crippen molar-refractivity contribution in [3.63, 3.8) is 0 Å². The minimum atomic E-state index is -0.250. The molecule has 3 rings (SSSR count). The maximum atomic E-state index is 13.2. The summed E-state index contributed by atoms with van der Waals surface area (Å²) >= 11 is 0. The maximum Gasteiger partial charge on any atom is 0.219 e. The number of carbonyl (C=O) groups is 1. The van der Waals surface area contributed by atoms with E-state index in [-0.39, 0.29) is 17.6 Å². The molecule has 1 aromatic carbocycles. The third-order valence-electron chi connectivity index (χ3n) is 3.82. The van der Waals surface area contributed by atoms with Crippen molar-refractivity contribution in [1.82, 2.24) is 9.88 Å². The number of amides is 1. The van der Waals surface area contributed by atoms with Crippen molar-refractivity contribution in [2.75, 3.05) is 13.1 Å². The summed E-state index contributed by atoms with van der Waals surface area (Å²) in [6.45, 7) is 2.99. The highest BCUT2D eigenvalue weighted by atomic mass is 19.1. The van der Waals surface area contributed by atoms with Crippen LogP contribution in [0.25, 0.3) is 0 Å². The average molecular weight is 288 g/mol. The Morgan fingerprint density at radius 2 is 2.38 bits per heavy atom. The highest BCUT2D eigenvalue weighted by Crippen LogP contribution is 2.27. The summed E-state index contributed by atoms with van der Waals surface area (Å²) in [5.41, 5.74) is 0.856. The van der Waals surface area contributed by atoms with Gasteiger partial charge < -0.3 is 9.32 Å². The summed E-state index contributed by atoms with van der Waals surface area (Å²) in [7, 11) is 0. The summed E-state index contributed by atoms with van der Waals surface area (Å²) < 4.78 is 18.9. The van der Waals surface area contributed by atoms with Crippen molar-refractivity contribution in [1.29, 1.82) is 0 Å². The van der Waals surface area contributed by atoms with E-state index in [2.05, 4.69) is 4.98 Å². The second-order valence-electron chi connectivity index (χ2n) is 5.42. The quantitative estimate of drug-likeness (QED) is 0.872. The first-order valence-electron chi connectivity index (χ1n) is 7.06. The van der Waals surface area contributed by atoms with E-state index in [0.29, 0.717) is 18.9 Å². The Balaban J connectivity index is 1.68. The topological polar surface area (TPSA) is 46.3 Å². The molecule has 1 amide bonds. The number of benzene rings is 1. The first-order chi connectivity index (χ1) is 10.1. The van der Waals surface area contributed by atoms with Crippen molar-refractivity contribution < 1.29 is 13.6 Å². The van der Waals surface area contributed by atoms with Gasteiger partial charge >= 0.3 is 0 Å². The summed E-state index contributed by atoms with van der Waals surface area (Å²) in [4.78, 5) is 17.5. The molecule has 2 heterocycles. The lowest BCUT2D eigenvalue weighted by atomic mass is 10.1. The van der Waals surface area contributed by atoms with Gasteiger partial charge in [-0.1, -0.05) is 12.1 Å². The lowest BCUT2D eigenvalue weighted by Crippen LogP contribution is -2.25. The standard InChI is InChI=1S/C16H17FN2O2/c1-11(20)19-6-5-13(10-19)16-18-9-15(21-16)8-12-3-2-4-14(17)7-12/h2-4,7,9,13H,5-6,8,10H2,1H3/t13-/m0/s1. The maximum absolute atomic E-state index is 13.2.